The maximum Gasteiger partial charge on any atom is 0.438 e. The number of nitrogens with two attached hydrogens (primary N) is 1. The Kier molecular flexibility index (Phi) is 17.6. The number of aliphatic hydroxyl groups is 1. The number of ether oxygens (including phenoxy) is 3. The van der Waals surface area contributed by atoms with Crippen molar-refractivity contribution in [1.29, 1.82) is 0 Å². The standard InChI is InChI=1S/C34H39N7O7.C5H4N2O3.CH4O/c1-6-46-29(42)16-18-41(27-9-7-8-17-36-27)31(43)23-12-15-26-25(19-23)38-28(40(26)5)20-37-24-13-10-22(11-14-24)30(35)39-33(45)48-21-47-32(44)34(2,3)4;8-2-3-1-4(9)7-5(10)6-3;1-2/h7-15,17,19,37H,6,16,18,20-21H2,1-5H3,(H2,35,39,45);1-2H,(H2,6,7,9,10);2H,1H3. The summed E-state index contributed by atoms with van der Waals surface area (Å²) in [6.07, 6.45) is 1.03. The van der Waals surface area contributed by atoms with E-state index in [1.54, 1.807) is 88.5 Å². The number of fused-ring (bicyclic) bond motifs is 1. The number of nitrogens with one attached hydrogen (secondary N) is 3. The van der Waals surface area contributed by atoms with Gasteiger partial charge in [0.2, 0.25) is 6.79 Å². The predicted molar refractivity (Wildman–Crippen MR) is 220 cm³/mol. The van der Waals surface area contributed by atoms with Crippen LogP contribution < -0.4 is 27.2 Å². The Labute approximate surface area is 343 Å². The van der Waals surface area contributed by atoms with E-state index in [1.807, 2.05) is 22.7 Å². The molecular weight excluding hydrogens is 782 g/mol. The number of aromatic nitrogens is 5. The number of benzene rings is 2. The molecule has 0 bridgehead atoms. The van der Waals surface area contributed by atoms with Crippen molar-refractivity contribution in [1.82, 2.24) is 24.5 Å². The van der Waals surface area contributed by atoms with Crippen LogP contribution in [0.5, 0.6) is 0 Å². The van der Waals surface area contributed by atoms with Gasteiger partial charge in [0.15, 0.2) is 6.29 Å². The number of pyridine rings is 1. The van der Waals surface area contributed by atoms with E-state index in [0.29, 0.717) is 35.3 Å². The zero-order chi connectivity index (χ0) is 44.4. The third kappa shape index (κ3) is 13.9. The first-order chi connectivity index (χ1) is 28.6. The van der Waals surface area contributed by atoms with Crippen LogP contribution in [-0.4, -0.2) is 92.7 Å². The molecule has 0 unspecified atom stereocenters. The first kappa shape index (κ1) is 46.9. The first-order valence-electron chi connectivity index (χ1n) is 18.2. The highest BCUT2D eigenvalue weighted by atomic mass is 16.7. The molecule has 0 aliphatic heterocycles. The van der Waals surface area contributed by atoms with Crippen LogP contribution >= 0.6 is 0 Å². The molecule has 3 heterocycles. The van der Waals surface area contributed by atoms with Crippen molar-refractivity contribution in [3.63, 3.8) is 0 Å². The lowest BCUT2D eigenvalue weighted by atomic mass is 9.98. The third-order valence-electron chi connectivity index (χ3n) is 7.97. The molecule has 6 N–H and O–H groups in total. The number of carbonyl (C=O) groups excluding carboxylic acids is 5. The van der Waals surface area contributed by atoms with Crippen LogP contribution in [0.4, 0.5) is 16.3 Å². The van der Waals surface area contributed by atoms with Crippen molar-refractivity contribution in [2.24, 2.45) is 23.2 Å². The van der Waals surface area contributed by atoms with Crippen LogP contribution in [-0.2, 0) is 37.4 Å². The molecule has 0 radical (unpaired) electrons. The van der Waals surface area contributed by atoms with Gasteiger partial charge in [0, 0.05) is 49.8 Å². The molecule has 5 rings (SSSR count). The molecule has 3 aromatic heterocycles. The molecule has 20 nitrogen and oxygen atoms in total. The van der Waals surface area contributed by atoms with E-state index < -0.39 is 41.5 Å². The lowest BCUT2D eigenvalue weighted by Crippen LogP contribution is -2.34. The van der Waals surface area contributed by atoms with E-state index in [0.717, 1.165) is 30.2 Å². The number of aliphatic hydroxyl groups excluding tert-OH is 1. The van der Waals surface area contributed by atoms with Gasteiger partial charge in [-0.1, -0.05) is 6.07 Å². The van der Waals surface area contributed by atoms with Gasteiger partial charge in [-0.3, -0.25) is 33.9 Å². The molecule has 5 aromatic rings. The van der Waals surface area contributed by atoms with Crippen molar-refractivity contribution in [2.45, 2.75) is 40.7 Å². The summed E-state index contributed by atoms with van der Waals surface area (Å²) in [4.78, 5) is 98.5. The lowest BCUT2D eigenvalue weighted by Gasteiger charge is -2.21. The zero-order valence-corrected chi connectivity index (χ0v) is 33.9. The van der Waals surface area contributed by atoms with Gasteiger partial charge >= 0.3 is 23.7 Å². The summed E-state index contributed by atoms with van der Waals surface area (Å²) >= 11 is 0. The highest BCUT2D eigenvalue weighted by Gasteiger charge is 2.24. The van der Waals surface area contributed by atoms with Gasteiger partial charge in [-0.15, -0.1) is 0 Å². The molecule has 0 saturated carbocycles. The molecule has 318 valence electrons. The number of nitrogens with zero attached hydrogens (tertiary/aromatic N) is 5. The SMILES string of the molecule is CCOC(=O)CCN(C(=O)c1ccc2c(c1)nc(CNc1ccc(/C(N)=N\C(=O)OCOC(=O)C(C)(C)C)cc1)n2C)c1ccccn1.CO.O=Cc1cc(=O)[nH]c(=O)[nH]1. The van der Waals surface area contributed by atoms with Crippen LogP contribution in [0.2, 0.25) is 0 Å². The van der Waals surface area contributed by atoms with Crippen molar-refractivity contribution in [3.05, 3.63) is 116 Å². The smallest absolute Gasteiger partial charge is 0.438 e. The maximum atomic E-state index is 13.6. The number of hydrogen-bond acceptors (Lipinski definition) is 14. The number of aromatic amines is 2. The Morgan fingerprint density at radius 3 is 2.28 bits per heavy atom. The molecule has 0 aliphatic carbocycles. The maximum absolute atomic E-state index is 13.6. The number of aryl methyl sites for hydroxylation is 1. The quantitative estimate of drug-likeness (QED) is 0.0375. The first-order valence-corrected chi connectivity index (χ1v) is 18.2. The van der Waals surface area contributed by atoms with E-state index >= 15 is 0 Å². The van der Waals surface area contributed by atoms with Crippen LogP contribution in [0.3, 0.4) is 0 Å². The fourth-order valence-corrected chi connectivity index (χ4v) is 5.00. The summed E-state index contributed by atoms with van der Waals surface area (Å²) in [5, 5.41) is 10.3. The number of esters is 2. The van der Waals surface area contributed by atoms with E-state index in [9.17, 15) is 33.6 Å². The normalized spacial score (nSPS) is 10.9. The van der Waals surface area contributed by atoms with Gasteiger partial charge in [0.1, 0.15) is 17.5 Å². The number of anilines is 2. The van der Waals surface area contributed by atoms with Gasteiger partial charge in [0.05, 0.1) is 41.7 Å². The minimum atomic E-state index is -0.982. The van der Waals surface area contributed by atoms with Crippen molar-refractivity contribution in [2.75, 3.05) is 37.3 Å². The molecule has 20 heteroatoms. The number of H-pyrrole nitrogens is 2. The number of amidine groups is 1. The third-order valence-corrected chi connectivity index (χ3v) is 7.97. The van der Waals surface area contributed by atoms with Gasteiger partial charge in [-0.2, -0.15) is 4.99 Å². The minimum absolute atomic E-state index is 0.0197. The van der Waals surface area contributed by atoms with E-state index in [4.69, 9.17) is 30.0 Å². The van der Waals surface area contributed by atoms with Gasteiger partial charge in [-0.25, -0.2) is 19.6 Å². The van der Waals surface area contributed by atoms with Crippen LogP contribution in [0.1, 0.15) is 66.4 Å². The average Bonchev–Trinajstić information content (AvgIpc) is 3.54. The minimum Gasteiger partial charge on any atom is -0.466 e. The molecule has 0 atom stereocenters. The fraction of sp³-hybridized carbons (Fsp3) is 0.300. The number of imidazole rings is 1. The van der Waals surface area contributed by atoms with Gasteiger partial charge < -0.3 is 39.9 Å². The second kappa shape index (κ2) is 22.5. The summed E-state index contributed by atoms with van der Waals surface area (Å²) in [5.41, 5.74) is 7.08. The number of rotatable bonds is 13. The molecule has 60 heavy (non-hydrogen) atoms. The average molecular weight is 830 g/mol. The van der Waals surface area contributed by atoms with Crippen molar-refractivity contribution in [3.8, 4) is 0 Å². The topological polar surface area (TPSA) is 283 Å². The van der Waals surface area contributed by atoms with Gasteiger partial charge in [0.25, 0.3) is 11.5 Å². The predicted octanol–water partition coefficient (Wildman–Crippen LogP) is 3.05. The van der Waals surface area contributed by atoms with Crippen molar-refractivity contribution >= 4 is 58.6 Å². The summed E-state index contributed by atoms with van der Waals surface area (Å²) in [5.74, 6) is -0.134. The molecule has 0 saturated heterocycles. The van der Waals surface area contributed by atoms with Crippen molar-refractivity contribution < 1.29 is 43.3 Å². The summed E-state index contributed by atoms with van der Waals surface area (Å²) in [6.45, 7) is 6.96. The monoisotopic (exact) mass is 829 g/mol. The number of carbonyl (C=O) groups is 5. The highest BCUT2D eigenvalue weighted by molar-refractivity contribution is 6.07. The lowest BCUT2D eigenvalue weighted by molar-refractivity contribution is -0.161. The zero-order valence-electron chi connectivity index (χ0n) is 33.9. The molecular formula is C40H47N9O11. The molecule has 0 fully saturated rings. The molecule has 0 spiro atoms. The highest BCUT2D eigenvalue weighted by Crippen LogP contribution is 2.22. The second-order valence-corrected chi connectivity index (χ2v) is 13.3. The largest absolute Gasteiger partial charge is 0.466 e. The Morgan fingerprint density at radius 1 is 0.967 bits per heavy atom. The molecule has 0 aliphatic rings. The van der Waals surface area contributed by atoms with Crippen LogP contribution in [0.15, 0.2) is 87.5 Å². The molecule has 2 amide bonds. The number of amides is 2. The number of hydrogen-bond donors (Lipinski definition) is 5. The summed E-state index contributed by atoms with van der Waals surface area (Å²) in [7, 11) is 2.89. The summed E-state index contributed by atoms with van der Waals surface area (Å²) in [6, 6.07) is 18.5. The Hall–Kier alpha value is -7.48. The van der Waals surface area contributed by atoms with E-state index in [2.05, 4.69) is 20.3 Å². The Balaban J connectivity index is 0.000000692. The second-order valence-electron chi connectivity index (χ2n) is 13.3. The Bertz CT molecular complexity index is 2370. The summed E-state index contributed by atoms with van der Waals surface area (Å²) < 4.78 is 16.7. The fourth-order valence-electron chi connectivity index (χ4n) is 5.00. The Morgan fingerprint density at radius 2 is 1.67 bits per heavy atom. The molecule has 2 aromatic carbocycles. The van der Waals surface area contributed by atoms with Crippen LogP contribution in [0, 0.1) is 5.41 Å². The van der Waals surface area contributed by atoms with E-state index in [1.165, 1.54) is 4.90 Å². The number of aldehydes is 1. The number of aliphatic imine (C=N–C) groups is 1. The van der Waals surface area contributed by atoms with Gasteiger partial charge in [-0.05, 0) is 82.3 Å². The van der Waals surface area contributed by atoms with Crippen LogP contribution in [0.25, 0.3) is 11.0 Å². The van der Waals surface area contributed by atoms with E-state index in [-0.39, 0.29) is 37.0 Å².